The van der Waals surface area contributed by atoms with Crippen LogP contribution in [-0.4, -0.2) is 37.4 Å². The lowest BCUT2D eigenvalue weighted by atomic mass is 10.0. The molecule has 0 heterocycles. The van der Waals surface area contributed by atoms with Crippen molar-refractivity contribution in [3.05, 3.63) is 29.3 Å². The van der Waals surface area contributed by atoms with Crippen LogP contribution in [0.5, 0.6) is 5.75 Å². The quantitative estimate of drug-likeness (QED) is 0.710. The lowest BCUT2D eigenvalue weighted by Gasteiger charge is -2.17. The van der Waals surface area contributed by atoms with Crippen molar-refractivity contribution in [2.45, 2.75) is 20.8 Å². The summed E-state index contributed by atoms with van der Waals surface area (Å²) in [5.41, 5.74) is 1.76. The number of ether oxygens (including phenoxy) is 1. The van der Waals surface area contributed by atoms with Crippen LogP contribution in [0.15, 0.2) is 18.2 Å². The first-order valence-corrected chi connectivity index (χ1v) is 6.02. The molecular weight excluding hydrogens is 214 g/mol. The molecule has 1 aromatic carbocycles. The molecule has 0 amide bonds. The fraction of sp³-hybridized carbons (Fsp3) is 0.500. The van der Waals surface area contributed by atoms with Gasteiger partial charge in [0, 0.05) is 5.56 Å². The fourth-order valence-corrected chi connectivity index (χ4v) is 1.76. The Morgan fingerprint density at radius 1 is 1.29 bits per heavy atom. The van der Waals surface area contributed by atoms with Gasteiger partial charge in [0.1, 0.15) is 5.75 Å². The summed E-state index contributed by atoms with van der Waals surface area (Å²) >= 11 is 0. The second-order valence-electron chi connectivity index (χ2n) is 4.07. The molecular formula is C14H21NO2. The van der Waals surface area contributed by atoms with E-state index in [9.17, 15) is 4.79 Å². The summed E-state index contributed by atoms with van der Waals surface area (Å²) in [4.78, 5) is 14.3. The maximum absolute atomic E-state index is 12.2. The standard InChI is InChI=1S/C14H21NO2/c1-5-15(6-2)10-14(16)13-9-12(17-4)8-7-11(13)3/h7-9H,5-6,10H2,1-4H3. The lowest BCUT2D eigenvalue weighted by Crippen LogP contribution is -2.29. The highest BCUT2D eigenvalue weighted by Gasteiger charge is 2.13. The summed E-state index contributed by atoms with van der Waals surface area (Å²) in [7, 11) is 1.61. The monoisotopic (exact) mass is 235 g/mol. The SMILES string of the molecule is CCN(CC)CC(=O)c1cc(OC)ccc1C. The average Bonchev–Trinajstić information content (AvgIpc) is 2.36. The number of hydrogen-bond donors (Lipinski definition) is 0. The van der Waals surface area contributed by atoms with Crippen LogP contribution >= 0.6 is 0 Å². The van der Waals surface area contributed by atoms with Gasteiger partial charge in [-0.05, 0) is 37.7 Å². The van der Waals surface area contributed by atoms with Gasteiger partial charge >= 0.3 is 0 Å². The molecule has 0 spiro atoms. The van der Waals surface area contributed by atoms with Gasteiger partial charge in [-0.1, -0.05) is 19.9 Å². The molecule has 94 valence electrons. The Kier molecular flexibility index (Phi) is 5.16. The van der Waals surface area contributed by atoms with E-state index in [1.54, 1.807) is 7.11 Å². The minimum atomic E-state index is 0.158. The van der Waals surface area contributed by atoms with Crippen molar-refractivity contribution >= 4 is 5.78 Å². The van der Waals surface area contributed by atoms with Crippen molar-refractivity contribution in [2.24, 2.45) is 0 Å². The van der Waals surface area contributed by atoms with E-state index in [2.05, 4.69) is 18.7 Å². The Morgan fingerprint density at radius 2 is 1.94 bits per heavy atom. The summed E-state index contributed by atoms with van der Waals surface area (Å²) in [5, 5.41) is 0. The van der Waals surface area contributed by atoms with E-state index in [1.165, 1.54) is 0 Å². The number of carbonyl (C=O) groups excluding carboxylic acids is 1. The number of benzene rings is 1. The van der Waals surface area contributed by atoms with Crippen molar-refractivity contribution in [1.82, 2.24) is 4.90 Å². The molecule has 0 aromatic heterocycles. The predicted octanol–water partition coefficient (Wildman–Crippen LogP) is 2.53. The number of Topliss-reactive ketones (excluding diaryl/α,β-unsaturated/α-hetero) is 1. The van der Waals surface area contributed by atoms with Crippen LogP contribution < -0.4 is 4.74 Å². The van der Waals surface area contributed by atoms with E-state index >= 15 is 0 Å². The van der Waals surface area contributed by atoms with Gasteiger partial charge in [0.25, 0.3) is 0 Å². The largest absolute Gasteiger partial charge is 0.497 e. The van der Waals surface area contributed by atoms with Crippen LogP contribution in [-0.2, 0) is 0 Å². The van der Waals surface area contributed by atoms with E-state index < -0.39 is 0 Å². The Labute approximate surface area is 103 Å². The molecule has 0 aliphatic heterocycles. The third-order valence-corrected chi connectivity index (χ3v) is 3.01. The molecule has 0 saturated heterocycles. The Bertz CT molecular complexity index is 384. The molecule has 0 unspecified atom stereocenters. The first-order valence-electron chi connectivity index (χ1n) is 6.02. The van der Waals surface area contributed by atoms with E-state index in [-0.39, 0.29) is 5.78 Å². The number of likely N-dealkylation sites (N-methyl/N-ethyl adjacent to an activating group) is 1. The van der Waals surface area contributed by atoms with Crippen LogP contribution in [0.1, 0.15) is 29.8 Å². The molecule has 1 aromatic rings. The van der Waals surface area contributed by atoms with Crippen molar-refractivity contribution in [2.75, 3.05) is 26.7 Å². The van der Waals surface area contributed by atoms with Crippen LogP contribution in [0.4, 0.5) is 0 Å². The average molecular weight is 235 g/mol. The number of ketones is 1. The zero-order valence-corrected chi connectivity index (χ0v) is 11.1. The second kappa shape index (κ2) is 6.40. The molecule has 3 heteroatoms. The molecule has 0 radical (unpaired) electrons. The van der Waals surface area contributed by atoms with Crippen molar-refractivity contribution in [3.63, 3.8) is 0 Å². The van der Waals surface area contributed by atoms with Gasteiger partial charge in [-0.2, -0.15) is 0 Å². The van der Waals surface area contributed by atoms with Crippen molar-refractivity contribution < 1.29 is 9.53 Å². The summed E-state index contributed by atoms with van der Waals surface area (Å²) < 4.78 is 5.15. The molecule has 1 rings (SSSR count). The maximum atomic E-state index is 12.2. The van der Waals surface area contributed by atoms with Gasteiger partial charge in [0.2, 0.25) is 0 Å². The molecule has 0 saturated carbocycles. The topological polar surface area (TPSA) is 29.5 Å². The van der Waals surface area contributed by atoms with Gasteiger partial charge in [-0.3, -0.25) is 9.69 Å². The van der Waals surface area contributed by atoms with Crippen LogP contribution in [0.3, 0.4) is 0 Å². The number of methoxy groups -OCH3 is 1. The predicted molar refractivity (Wildman–Crippen MR) is 69.8 cm³/mol. The van der Waals surface area contributed by atoms with Crippen LogP contribution in [0, 0.1) is 6.92 Å². The van der Waals surface area contributed by atoms with Gasteiger partial charge in [-0.25, -0.2) is 0 Å². The first-order chi connectivity index (χ1) is 8.12. The summed E-state index contributed by atoms with van der Waals surface area (Å²) in [6, 6.07) is 5.62. The Balaban J connectivity index is 2.87. The number of hydrogen-bond acceptors (Lipinski definition) is 3. The van der Waals surface area contributed by atoms with Gasteiger partial charge < -0.3 is 4.74 Å². The number of nitrogens with zero attached hydrogens (tertiary/aromatic N) is 1. The molecule has 0 aliphatic rings. The molecule has 0 fully saturated rings. The van der Waals surface area contributed by atoms with E-state index in [0.29, 0.717) is 6.54 Å². The normalized spacial score (nSPS) is 10.6. The maximum Gasteiger partial charge on any atom is 0.177 e. The van der Waals surface area contributed by atoms with E-state index in [0.717, 1.165) is 30.0 Å². The molecule has 3 nitrogen and oxygen atoms in total. The number of carbonyl (C=O) groups is 1. The highest BCUT2D eigenvalue weighted by Crippen LogP contribution is 2.17. The third kappa shape index (κ3) is 3.56. The van der Waals surface area contributed by atoms with Gasteiger partial charge in [0.15, 0.2) is 5.78 Å². The highest BCUT2D eigenvalue weighted by molar-refractivity contribution is 5.99. The third-order valence-electron chi connectivity index (χ3n) is 3.01. The summed E-state index contributed by atoms with van der Waals surface area (Å²) in [5.74, 6) is 0.892. The van der Waals surface area contributed by atoms with Gasteiger partial charge in [-0.15, -0.1) is 0 Å². The summed E-state index contributed by atoms with van der Waals surface area (Å²) in [6.07, 6.45) is 0. The molecule has 0 atom stereocenters. The van der Waals surface area contributed by atoms with E-state index in [1.807, 2.05) is 25.1 Å². The molecule has 0 N–H and O–H groups in total. The Hall–Kier alpha value is -1.35. The zero-order chi connectivity index (χ0) is 12.8. The van der Waals surface area contributed by atoms with Crippen LogP contribution in [0.2, 0.25) is 0 Å². The fourth-order valence-electron chi connectivity index (χ4n) is 1.76. The minimum Gasteiger partial charge on any atom is -0.497 e. The Morgan fingerprint density at radius 3 is 2.47 bits per heavy atom. The van der Waals surface area contributed by atoms with Crippen molar-refractivity contribution in [3.8, 4) is 5.75 Å². The number of rotatable bonds is 6. The smallest absolute Gasteiger partial charge is 0.177 e. The number of aryl methyl sites for hydroxylation is 1. The molecule has 0 aliphatic carbocycles. The van der Waals surface area contributed by atoms with Crippen LogP contribution in [0.25, 0.3) is 0 Å². The van der Waals surface area contributed by atoms with Crippen molar-refractivity contribution in [1.29, 1.82) is 0 Å². The van der Waals surface area contributed by atoms with E-state index in [4.69, 9.17) is 4.74 Å². The first kappa shape index (κ1) is 13.7. The molecule has 17 heavy (non-hydrogen) atoms. The zero-order valence-electron chi connectivity index (χ0n) is 11.1. The lowest BCUT2D eigenvalue weighted by molar-refractivity contribution is 0.0936. The summed E-state index contributed by atoms with van der Waals surface area (Å²) in [6.45, 7) is 8.34. The molecule has 0 bridgehead atoms. The van der Waals surface area contributed by atoms with Gasteiger partial charge in [0.05, 0.1) is 13.7 Å². The second-order valence-corrected chi connectivity index (χ2v) is 4.07. The minimum absolute atomic E-state index is 0.158. The highest BCUT2D eigenvalue weighted by atomic mass is 16.5.